The normalized spacial score (nSPS) is 14.2. The fraction of sp³-hybridized carbons (Fsp3) is 0.923. The molecule has 0 aromatic heterocycles. The Labute approximate surface area is 111 Å². The number of hydrogen-bond donors (Lipinski definition) is 3. The van der Waals surface area contributed by atoms with Gasteiger partial charge in [0, 0.05) is 19.1 Å². The van der Waals surface area contributed by atoms with E-state index in [0.29, 0.717) is 19.1 Å². The van der Waals surface area contributed by atoms with E-state index in [1.54, 1.807) is 0 Å². The van der Waals surface area contributed by atoms with E-state index in [4.69, 9.17) is 4.74 Å². The zero-order chi connectivity index (χ0) is 14.4. The highest BCUT2D eigenvalue weighted by Crippen LogP contribution is 2.17. The van der Waals surface area contributed by atoms with Crippen LogP contribution in [0.4, 0.5) is 4.79 Å². The summed E-state index contributed by atoms with van der Waals surface area (Å²) in [5.74, 6) is 0. The maximum Gasteiger partial charge on any atom is 0.407 e. The smallest absolute Gasteiger partial charge is 0.407 e. The quantitative estimate of drug-likeness (QED) is 0.522. The number of hydrazine groups is 1. The van der Waals surface area contributed by atoms with Crippen molar-refractivity contribution in [3.05, 3.63) is 0 Å². The van der Waals surface area contributed by atoms with Crippen LogP contribution in [0, 0.1) is 5.41 Å². The van der Waals surface area contributed by atoms with Crippen LogP contribution in [0.15, 0.2) is 0 Å². The molecular weight excluding hydrogens is 230 g/mol. The maximum atomic E-state index is 11.3. The van der Waals surface area contributed by atoms with Crippen molar-refractivity contribution in [2.75, 3.05) is 13.1 Å². The second kappa shape index (κ2) is 6.95. The molecule has 3 N–H and O–H groups in total. The van der Waals surface area contributed by atoms with E-state index in [1.165, 1.54) is 0 Å². The molecule has 0 saturated heterocycles. The van der Waals surface area contributed by atoms with Gasteiger partial charge in [0.05, 0.1) is 0 Å². The van der Waals surface area contributed by atoms with Crippen LogP contribution in [0.2, 0.25) is 0 Å². The van der Waals surface area contributed by atoms with Crippen molar-refractivity contribution in [3.8, 4) is 0 Å². The van der Waals surface area contributed by atoms with Gasteiger partial charge in [0.2, 0.25) is 0 Å². The van der Waals surface area contributed by atoms with Gasteiger partial charge in [-0.15, -0.1) is 0 Å². The molecule has 1 atom stereocenters. The molecule has 1 unspecified atom stereocenters. The first-order valence-corrected chi connectivity index (χ1v) is 6.47. The summed E-state index contributed by atoms with van der Waals surface area (Å²) in [4.78, 5) is 11.3. The van der Waals surface area contributed by atoms with Gasteiger partial charge in [-0.3, -0.25) is 10.9 Å². The Bertz CT molecular complexity index is 254. The highest BCUT2D eigenvalue weighted by molar-refractivity contribution is 5.67. The Kier molecular flexibility index (Phi) is 6.63. The van der Waals surface area contributed by atoms with Gasteiger partial charge in [0.25, 0.3) is 0 Å². The summed E-state index contributed by atoms with van der Waals surface area (Å²) in [6, 6.07) is 0.346. The predicted molar refractivity (Wildman–Crippen MR) is 74.3 cm³/mol. The Hall–Kier alpha value is -0.810. The molecule has 0 rings (SSSR count). The molecule has 1 amide bonds. The number of hydrogen-bond acceptors (Lipinski definition) is 4. The van der Waals surface area contributed by atoms with Crippen molar-refractivity contribution in [1.82, 2.24) is 16.2 Å². The molecule has 108 valence electrons. The van der Waals surface area contributed by atoms with E-state index in [9.17, 15) is 4.79 Å². The second-order valence-electron chi connectivity index (χ2n) is 6.59. The summed E-state index contributed by atoms with van der Waals surface area (Å²) in [5.41, 5.74) is 6.04. The van der Waals surface area contributed by atoms with Gasteiger partial charge >= 0.3 is 6.09 Å². The lowest BCUT2D eigenvalue weighted by atomic mass is 9.89. The van der Waals surface area contributed by atoms with Crippen molar-refractivity contribution < 1.29 is 9.53 Å². The molecule has 0 saturated carbocycles. The zero-order valence-corrected chi connectivity index (χ0v) is 12.8. The summed E-state index contributed by atoms with van der Waals surface area (Å²) >= 11 is 0. The summed E-state index contributed by atoms with van der Waals surface area (Å²) in [6.45, 7) is 15.3. The van der Waals surface area contributed by atoms with E-state index >= 15 is 0 Å². The monoisotopic (exact) mass is 259 g/mol. The average Bonchev–Trinajstić information content (AvgIpc) is 2.12. The maximum absolute atomic E-state index is 11.3. The molecule has 5 heteroatoms. The molecule has 0 aliphatic heterocycles. The number of rotatable bonds is 5. The Morgan fingerprint density at radius 1 is 1.11 bits per heavy atom. The fourth-order valence-electron chi connectivity index (χ4n) is 0.983. The predicted octanol–water partition coefficient (Wildman–Crippen LogP) is 2.04. The Morgan fingerprint density at radius 3 is 2.11 bits per heavy atom. The molecule has 0 spiro atoms. The van der Waals surface area contributed by atoms with Gasteiger partial charge in [-0.25, -0.2) is 4.79 Å². The topological polar surface area (TPSA) is 62.4 Å². The van der Waals surface area contributed by atoms with Crippen molar-refractivity contribution in [3.63, 3.8) is 0 Å². The molecule has 0 fully saturated rings. The van der Waals surface area contributed by atoms with Gasteiger partial charge in [-0.1, -0.05) is 20.8 Å². The van der Waals surface area contributed by atoms with Crippen LogP contribution in [0.25, 0.3) is 0 Å². The fourth-order valence-corrected chi connectivity index (χ4v) is 0.983. The number of carbonyl (C=O) groups is 1. The highest BCUT2D eigenvalue weighted by Gasteiger charge is 2.19. The van der Waals surface area contributed by atoms with E-state index in [0.717, 1.165) is 0 Å². The molecule has 0 heterocycles. The third kappa shape index (κ3) is 9.24. The van der Waals surface area contributed by atoms with Crippen molar-refractivity contribution in [2.45, 2.75) is 60.1 Å². The first kappa shape index (κ1) is 17.2. The summed E-state index contributed by atoms with van der Waals surface area (Å²) in [5, 5.41) is 2.69. The Morgan fingerprint density at radius 2 is 1.67 bits per heavy atom. The van der Waals surface area contributed by atoms with E-state index in [-0.39, 0.29) is 11.5 Å². The lowest BCUT2D eigenvalue weighted by Gasteiger charge is -2.28. The van der Waals surface area contributed by atoms with Crippen LogP contribution < -0.4 is 16.2 Å². The van der Waals surface area contributed by atoms with Crippen LogP contribution in [0.5, 0.6) is 0 Å². The second-order valence-corrected chi connectivity index (χ2v) is 6.59. The minimum absolute atomic E-state index is 0.200. The van der Waals surface area contributed by atoms with E-state index < -0.39 is 5.60 Å². The molecule has 0 aliphatic carbocycles. The highest BCUT2D eigenvalue weighted by atomic mass is 16.6. The molecule has 0 bridgehead atoms. The average molecular weight is 259 g/mol. The van der Waals surface area contributed by atoms with Gasteiger partial charge < -0.3 is 10.1 Å². The number of carbonyl (C=O) groups excluding carboxylic acids is 1. The van der Waals surface area contributed by atoms with Gasteiger partial charge in [-0.05, 0) is 33.1 Å². The van der Waals surface area contributed by atoms with Crippen molar-refractivity contribution in [2.24, 2.45) is 5.41 Å². The standard InChI is InChI=1S/C13H29N3O2/c1-10(12(2,3)4)16-15-9-8-14-11(17)18-13(5,6)7/h10,15-16H,8-9H2,1-7H3,(H,14,17). The SMILES string of the molecule is CC(NNCCNC(=O)OC(C)(C)C)C(C)(C)C. The lowest BCUT2D eigenvalue weighted by Crippen LogP contribution is -2.48. The molecule has 0 radical (unpaired) electrons. The molecule has 0 aromatic rings. The molecule has 18 heavy (non-hydrogen) atoms. The summed E-state index contributed by atoms with van der Waals surface area (Å²) in [6.07, 6.45) is -0.381. The van der Waals surface area contributed by atoms with E-state index in [1.807, 2.05) is 20.8 Å². The largest absolute Gasteiger partial charge is 0.444 e. The third-order valence-corrected chi connectivity index (χ3v) is 2.54. The van der Waals surface area contributed by atoms with Gasteiger partial charge in [0.1, 0.15) is 5.60 Å². The first-order valence-electron chi connectivity index (χ1n) is 6.47. The van der Waals surface area contributed by atoms with Gasteiger partial charge in [0.15, 0.2) is 0 Å². The minimum atomic E-state index is -0.448. The lowest BCUT2D eigenvalue weighted by molar-refractivity contribution is 0.0527. The van der Waals surface area contributed by atoms with Crippen LogP contribution in [0.3, 0.4) is 0 Å². The first-order chi connectivity index (χ1) is 8.02. The van der Waals surface area contributed by atoms with Crippen molar-refractivity contribution in [1.29, 1.82) is 0 Å². The number of nitrogens with one attached hydrogen (secondary N) is 3. The molecule has 0 aromatic carbocycles. The van der Waals surface area contributed by atoms with Crippen LogP contribution >= 0.6 is 0 Å². The Balaban J connectivity index is 3.61. The minimum Gasteiger partial charge on any atom is -0.444 e. The third-order valence-electron chi connectivity index (χ3n) is 2.54. The number of ether oxygens (including phenoxy) is 1. The summed E-state index contributed by atoms with van der Waals surface area (Å²) in [7, 11) is 0. The molecule has 5 nitrogen and oxygen atoms in total. The molecular formula is C13H29N3O2. The van der Waals surface area contributed by atoms with Crippen LogP contribution in [-0.4, -0.2) is 30.8 Å². The van der Waals surface area contributed by atoms with Crippen LogP contribution in [0.1, 0.15) is 48.5 Å². The van der Waals surface area contributed by atoms with Crippen molar-refractivity contribution >= 4 is 6.09 Å². The van der Waals surface area contributed by atoms with Crippen LogP contribution in [-0.2, 0) is 4.74 Å². The van der Waals surface area contributed by atoms with E-state index in [2.05, 4.69) is 43.9 Å². The zero-order valence-electron chi connectivity index (χ0n) is 12.8. The number of amides is 1. The number of alkyl carbamates (subject to hydrolysis) is 1. The van der Waals surface area contributed by atoms with Gasteiger partial charge in [-0.2, -0.15) is 0 Å². The molecule has 0 aliphatic rings. The summed E-state index contributed by atoms with van der Waals surface area (Å²) < 4.78 is 5.12.